The number of hydrogen-bond acceptors (Lipinski definition) is 8. The monoisotopic (exact) mass is 370 g/mol. The van der Waals surface area contributed by atoms with E-state index in [0.717, 1.165) is 0 Å². The molecule has 0 radical (unpaired) electrons. The molecular formula is C17H24NO8-. The maximum Gasteiger partial charge on any atom is 0.310 e. The lowest BCUT2D eigenvalue weighted by molar-refractivity contribution is -0.386. The molecule has 26 heavy (non-hydrogen) atoms. The molecule has 0 N–H and O–H groups in total. The fraction of sp³-hybridized carbons (Fsp3) is 0.529. The van der Waals surface area contributed by atoms with Crippen molar-refractivity contribution in [3.63, 3.8) is 0 Å². The van der Waals surface area contributed by atoms with Gasteiger partial charge in [-0.1, -0.05) is 18.7 Å². The van der Waals surface area contributed by atoms with Crippen LogP contribution in [0, 0.1) is 17.0 Å². The third-order valence-corrected chi connectivity index (χ3v) is 3.18. The summed E-state index contributed by atoms with van der Waals surface area (Å²) in [5.74, 6) is -0.584. The largest absolute Gasteiger partial charge is 0.431 e. The third-order valence-electron chi connectivity index (χ3n) is 3.18. The number of benzene rings is 1. The Morgan fingerprint density at radius 1 is 1.12 bits per heavy atom. The number of nitro benzene ring substituents is 1. The van der Waals surface area contributed by atoms with Crippen molar-refractivity contribution in [2.75, 3.05) is 46.8 Å². The summed E-state index contributed by atoms with van der Waals surface area (Å²) in [6, 6.07) is 5.93. The summed E-state index contributed by atoms with van der Waals surface area (Å²) in [5.41, 5.74) is -0.00412. The molecule has 0 spiro atoms. The Morgan fingerprint density at radius 2 is 1.73 bits per heavy atom. The first-order valence-corrected chi connectivity index (χ1v) is 8.08. The summed E-state index contributed by atoms with van der Waals surface area (Å²) < 4.78 is 25.7. The van der Waals surface area contributed by atoms with E-state index in [-0.39, 0.29) is 24.3 Å². The number of nitro groups is 1. The number of methoxy groups -OCH3 is 1. The van der Waals surface area contributed by atoms with Gasteiger partial charge in [0.15, 0.2) is 0 Å². The Hall–Kier alpha value is -2.07. The van der Waals surface area contributed by atoms with E-state index in [2.05, 4.69) is 6.92 Å². The van der Waals surface area contributed by atoms with Gasteiger partial charge in [-0.15, -0.1) is 0 Å². The minimum atomic E-state index is -1.15. The molecular weight excluding hydrogens is 346 g/mol. The molecule has 1 aromatic carbocycles. The predicted octanol–water partition coefficient (Wildman–Crippen LogP) is 2.06. The number of carbonyl (C=O) groups is 1. The van der Waals surface area contributed by atoms with Crippen molar-refractivity contribution in [1.29, 1.82) is 0 Å². The number of para-hydroxylation sites is 1. The van der Waals surface area contributed by atoms with Crippen LogP contribution in [0.5, 0.6) is 0 Å². The lowest BCUT2D eigenvalue weighted by Crippen LogP contribution is -2.16. The standard InChI is InChI=1S/C17H24NO8/c1-3-23-10-11-25-13-12-24-9-8-16(19)26-17(22-2)14-6-4-5-7-15(14)18(20)21/h4-7,17H,1,3,8-13H2,2H3/q-1. The lowest BCUT2D eigenvalue weighted by atomic mass is 10.1. The highest BCUT2D eigenvalue weighted by atomic mass is 16.7. The Morgan fingerprint density at radius 3 is 2.35 bits per heavy atom. The highest BCUT2D eigenvalue weighted by Crippen LogP contribution is 2.28. The van der Waals surface area contributed by atoms with Crippen molar-refractivity contribution in [3.8, 4) is 0 Å². The maximum atomic E-state index is 11.9. The summed E-state index contributed by atoms with van der Waals surface area (Å²) in [4.78, 5) is 22.4. The van der Waals surface area contributed by atoms with Gasteiger partial charge in [-0.2, -0.15) is 0 Å². The molecule has 9 nitrogen and oxygen atoms in total. The van der Waals surface area contributed by atoms with E-state index in [0.29, 0.717) is 33.0 Å². The van der Waals surface area contributed by atoms with E-state index in [9.17, 15) is 14.9 Å². The van der Waals surface area contributed by atoms with Crippen LogP contribution in [0.15, 0.2) is 24.3 Å². The van der Waals surface area contributed by atoms with Crippen LogP contribution < -0.4 is 0 Å². The second-order valence-corrected chi connectivity index (χ2v) is 4.96. The zero-order valence-electron chi connectivity index (χ0n) is 14.8. The zero-order valence-corrected chi connectivity index (χ0v) is 14.8. The molecule has 1 unspecified atom stereocenters. The van der Waals surface area contributed by atoms with Crippen molar-refractivity contribution >= 4 is 11.7 Å². The number of hydrogen-bond donors (Lipinski definition) is 0. The van der Waals surface area contributed by atoms with Gasteiger partial charge in [0.25, 0.3) is 5.69 Å². The minimum Gasteiger partial charge on any atom is -0.431 e. The average molecular weight is 370 g/mol. The van der Waals surface area contributed by atoms with Crippen LogP contribution in [0.3, 0.4) is 0 Å². The second-order valence-electron chi connectivity index (χ2n) is 4.96. The minimum absolute atomic E-state index is 0.00882. The lowest BCUT2D eigenvalue weighted by Gasteiger charge is -2.16. The number of esters is 1. The van der Waals surface area contributed by atoms with Crippen LogP contribution >= 0.6 is 0 Å². The molecule has 9 heteroatoms. The molecule has 0 aliphatic carbocycles. The Bertz CT molecular complexity index is 551. The molecule has 1 rings (SSSR count). The van der Waals surface area contributed by atoms with Crippen molar-refractivity contribution < 1.29 is 33.4 Å². The number of ether oxygens (including phenoxy) is 5. The van der Waals surface area contributed by atoms with Crippen molar-refractivity contribution in [1.82, 2.24) is 0 Å². The Kier molecular flexibility index (Phi) is 11.1. The van der Waals surface area contributed by atoms with Gasteiger partial charge in [-0.25, -0.2) is 0 Å². The van der Waals surface area contributed by atoms with E-state index in [1.165, 1.54) is 25.3 Å². The third kappa shape index (κ3) is 8.34. The topological polar surface area (TPSA) is 106 Å². The van der Waals surface area contributed by atoms with Gasteiger partial charge in [-0.05, 0) is 6.07 Å². The first kappa shape index (κ1) is 22.0. The van der Waals surface area contributed by atoms with E-state index < -0.39 is 17.2 Å². The average Bonchev–Trinajstić information content (AvgIpc) is 2.64. The van der Waals surface area contributed by atoms with Gasteiger partial charge in [0.2, 0.25) is 6.29 Å². The van der Waals surface area contributed by atoms with E-state index >= 15 is 0 Å². The SMILES string of the molecule is [CH2-]COCCOCCOCCC(=O)OC(OC)c1ccccc1[N+](=O)[O-]. The first-order chi connectivity index (χ1) is 12.6. The van der Waals surface area contributed by atoms with Gasteiger partial charge >= 0.3 is 5.97 Å². The Labute approximate surface area is 152 Å². The van der Waals surface area contributed by atoms with Crippen LogP contribution in [-0.2, 0) is 28.5 Å². The predicted molar refractivity (Wildman–Crippen MR) is 91.4 cm³/mol. The van der Waals surface area contributed by atoms with Gasteiger partial charge in [0, 0.05) is 13.2 Å². The summed E-state index contributed by atoms with van der Waals surface area (Å²) in [7, 11) is 1.31. The van der Waals surface area contributed by atoms with E-state index in [4.69, 9.17) is 23.7 Å². The van der Waals surface area contributed by atoms with Gasteiger partial charge in [-0.3, -0.25) is 14.9 Å². The molecule has 0 bridgehead atoms. The van der Waals surface area contributed by atoms with Gasteiger partial charge < -0.3 is 30.6 Å². The maximum absolute atomic E-state index is 11.9. The molecule has 0 aliphatic rings. The quantitative estimate of drug-likeness (QED) is 0.122. The number of rotatable bonds is 14. The number of nitrogens with zero attached hydrogens (tertiary/aromatic N) is 1. The molecule has 0 fully saturated rings. The summed E-state index contributed by atoms with van der Waals surface area (Å²) in [6.45, 7) is 5.71. The molecule has 0 amide bonds. The molecule has 1 atom stereocenters. The second kappa shape index (κ2) is 13.2. The van der Waals surface area contributed by atoms with Crippen molar-refractivity contribution in [2.45, 2.75) is 12.7 Å². The molecule has 1 aromatic rings. The highest BCUT2D eigenvalue weighted by Gasteiger charge is 2.24. The van der Waals surface area contributed by atoms with E-state index in [1.807, 2.05) is 0 Å². The van der Waals surface area contributed by atoms with Gasteiger partial charge in [0.05, 0.1) is 49.9 Å². The summed E-state index contributed by atoms with van der Waals surface area (Å²) in [6.07, 6.45) is -1.16. The van der Waals surface area contributed by atoms with Crippen LogP contribution in [0.2, 0.25) is 0 Å². The van der Waals surface area contributed by atoms with Crippen molar-refractivity contribution in [3.05, 3.63) is 46.9 Å². The Balaban J connectivity index is 2.30. The van der Waals surface area contributed by atoms with Crippen LogP contribution in [-0.4, -0.2) is 57.6 Å². The summed E-state index contributed by atoms with van der Waals surface area (Å²) in [5, 5.41) is 11.1. The molecule has 0 saturated heterocycles. The molecule has 0 heterocycles. The van der Waals surface area contributed by atoms with Crippen LogP contribution in [0.1, 0.15) is 18.3 Å². The molecule has 0 aromatic heterocycles. The fourth-order valence-electron chi connectivity index (χ4n) is 1.97. The normalized spacial score (nSPS) is 11.9. The fourth-order valence-corrected chi connectivity index (χ4v) is 1.97. The summed E-state index contributed by atoms with van der Waals surface area (Å²) >= 11 is 0. The zero-order chi connectivity index (χ0) is 19.2. The van der Waals surface area contributed by atoms with Crippen LogP contribution in [0.25, 0.3) is 0 Å². The molecule has 146 valence electrons. The van der Waals surface area contributed by atoms with Crippen LogP contribution in [0.4, 0.5) is 5.69 Å². The van der Waals surface area contributed by atoms with Crippen molar-refractivity contribution in [2.24, 2.45) is 0 Å². The number of carbonyl (C=O) groups excluding carboxylic acids is 1. The highest BCUT2D eigenvalue weighted by molar-refractivity contribution is 5.69. The smallest absolute Gasteiger partial charge is 0.310 e. The van der Waals surface area contributed by atoms with E-state index in [1.54, 1.807) is 6.07 Å². The first-order valence-electron chi connectivity index (χ1n) is 8.08. The van der Waals surface area contributed by atoms with Gasteiger partial charge in [0.1, 0.15) is 0 Å². The molecule has 0 aliphatic heterocycles. The molecule has 0 saturated carbocycles.